The van der Waals surface area contributed by atoms with E-state index in [0.29, 0.717) is 5.56 Å². The standard InChI is InChI=1S/C20H17N3O5/c1-13-3-5-15(6-4-13)7-12-18(24)27-14(2)19-21-22-20(28-19)16-8-10-17(11-9-16)23(25)26/h3-12,14H,1-2H3/b12-7+/t14-/m0/s1. The number of benzene rings is 2. The van der Waals surface area contributed by atoms with Gasteiger partial charge in [0.2, 0.25) is 5.89 Å². The van der Waals surface area contributed by atoms with E-state index >= 15 is 0 Å². The van der Waals surface area contributed by atoms with E-state index in [4.69, 9.17) is 9.15 Å². The number of aromatic nitrogens is 2. The van der Waals surface area contributed by atoms with E-state index in [9.17, 15) is 14.9 Å². The molecule has 28 heavy (non-hydrogen) atoms. The Morgan fingerprint density at radius 2 is 1.82 bits per heavy atom. The van der Waals surface area contributed by atoms with Crippen molar-refractivity contribution in [3.63, 3.8) is 0 Å². The first-order chi connectivity index (χ1) is 13.4. The van der Waals surface area contributed by atoms with Gasteiger partial charge in [-0.1, -0.05) is 29.8 Å². The largest absolute Gasteiger partial charge is 0.449 e. The molecule has 8 nitrogen and oxygen atoms in total. The molecule has 1 atom stereocenters. The lowest BCUT2D eigenvalue weighted by Gasteiger charge is -2.06. The zero-order chi connectivity index (χ0) is 20.1. The van der Waals surface area contributed by atoms with Crippen LogP contribution in [-0.2, 0) is 9.53 Å². The summed E-state index contributed by atoms with van der Waals surface area (Å²) in [5, 5.41) is 18.5. The average Bonchev–Trinajstić information content (AvgIpc) is 3.18. The van der Waals surface area contributed by atoms with Gasteiger partial charge in [-0.3, -0.25) is 10.1 Å². The molecule has 0 N–H and O–H groups in total. The summed E-state index contributed by atoms with van der Waals surface area (Å²) in [7, 11) is 0. The number of carbonyl (C=O) groups is 1. The minimum absolute atomic E-state index is 0.0360. The third-order valence-corrected chi connectivity index (χ3v) is 3.90. The highest BCUT2D eigenvalue weighted by Crippen LogP contribution is 2.24. The van der Waals surface area contributed by atoms with Crippen LogP contribution in [0.25, 0.3) is 17.5 Å². The third-order valence-electron chi connectivity index (χ3n) is 3.90. The lowest BCUT2D eigenvalue weighted by Crippen LogP contribution is -2.06. The molecular weight excluding hydrogens is 362 g/mol. The zero-order valence-corrected chi connectivity index (χ0v) is 15.2. The van der Waals surface area contributed by atoms with Crippen LogP contribution < -0.4 is 0 Å². The first-order valence-electron chi connectivity index (χ1n) is 8.46. The highest BCUT2D eigenvalue weighted by atomic mass is 16.6. The molecule has 0 aliphatic heterocycles. The second kappa shape index (κ2) is 8.26. The Kier molecular flexibility index (Phi) is 5.59. The van der Waals surface area contributed by atoms with Crippen molar-refractivity contribution in [2.24, 2.45) is 0 Å². The van der Waals surface area contributed by atoms with E-state index in [2.05, 4.69) is 10.2 Å². The van der Waals surface area contributed by atoms with Crippen LogP contribution >= 0.6 is 0 Å². The Morgan fingerprint density at radius 3 is 2.46 bits per heavy atom. The molecule has 0 saturated heterocycles. The van der Waals surface area contributed by atoms with Crippen LogP contribution in [0.3, 0.4) is 0 Å². The summed E-state index contributed by atoms with van der Waals surface area (Å²) in [6.45, 7) is 3.60. The van der Waals surface area contributed by atoms with Crippen molar-refractivity contribution in [1.29, 1.82) is 0 Å². The second-order valence-corrected chi connectivity index (χ2v) is 6.07. The SMILES string of the molecule is Cc1ccc(/C=C/C(=O)O[C@@H](C)c2nnc(-c3ccc([N+](=O)[O-])cc3)o2)cc1. The fourth-order valence-electron chi connectivity index (χ4n) is 2.35. The molecule has 0 unspecified atom stereocenters. The van der Waals surface area contributed by atoms with Crippen molar-refractivity contribution >= 4 is 17.7 Å². The maximum absolute atomic E-state index is 12.0. The van der Waals surface area contributed by atoms with Gasteiger partial charge in [0.15, 0.2) is 6.10 Å². The van der Waals surface area contributed by atoms with Gasteiger partial charge in [-0.15, -0.1) is 10.2 Å². The molecular formula is C20H17N3O5. The van der Waals surface area contributed by atoms with Crippen molar-refractivity contribution in [3.8, 4) is 11.5 Å². The van der Waals surface area contributed by atoms with Gasteiger partial charge in [-0.25, -0.2) is 4.79 Å². The number of nitro groups is 1. The van der Waals surface area contributed by atoms with Crippen LogP contribution in [0.4, 0.5) is 5.69 Å². The highest BCUT2D eigenvalue weighted by Gasteiger charge is 2.18. The fraction of sp³-hybridized carbons (Fsp3) is 0.150. The Hall–Kier alpha value is -3.81. The number of esters is 1. The van der Waals surface area contributed by atoms with Crippen LogP contribution in [0.2, 0.25) is 0 Å². The van der Waals surface area contributed by atoms with Crippen LogP contribution in [0.1, 0.15) is 30.0 Å². The number of rotatable bonds is 6. The Morgan fingerprint density at radius 1 is 1.14 bits per heavy atom. The molecule has 1 heterocycles. The minimum atomic E-state index is -0.741. The number of hydrogen-bond acceptors (Lipinski definition) is 7. The molecule has 3 aromatic rings. The summed E-state index contributed by atoms with van der Waals surface area (Å²) >= 11 is 0. The van der Waals surface area contributed by atoms with Gasteiger partial charge in [0.25, 0.3) is 11.6 Å². The van der Waals surface area contributed by atoms with E-state index in [-0.39, 0.29) is 17.5 Å². The summed E-state index contributed by atoms with van der Waals surface area (Å²) in [5.41, 5.74) is 2.51. The molecule has 3 rings (SSSR count). The molecule has 0 spiro atoms. The molecule has 0 radical (unpaired) electrons. The molecule has 0 saturated carbocycles. The summed E-state index contributed by atoms with van der Waals surface area (Å²) in [6.07, 6.45) is 2.24. The van der Waals surface area contributed by atoms with Gasteiger partial charge in [-0.2, -0.15) is 0 Å². The Labute approximate surface area is 160 Å². The predicted octanol–water partition coefficient (Wildman–Crippen LogP) is 4.27. The van der Waals surface area contributed by atoms with Gasteiger partial charge in [0.1, 0.15) is 0 Å². The lowest BCUT2D eigenvalue weighted by molar-refractivity contribution is -0.384. The molecule has 0 aliphatic carbocycles. The van der Waals surface area contributed by atoms with Crippen molar-refractivity contribution in [2.45, 2.75) is 20.0 Å². The van der Waals surface area contributed by atoms with Gasteiger partial charge < -0.3 is 9.15 Å². The van der Waals surface area contributed by atoms with E-state index in [1.807, 2.05) is 31.2 Å². The van der Waals surface area contributed by atoms with Gasteiger partial charge in [-0.05, 0) is 37.6 Å². The van der Waals surface area contributed by atoms with Crippen molar-refractivity contribution < 1.29 is 18.9 Å². The first-order valence-corrected chi connectivity index (χ1v) is 8.46. The van der Waals surface area contributed by atoms with Gasteiger partial charge in [0.05, 0.1) is 4.92 Å². The minimum Gasteiger partial charge on any atom is -0.449 e. The molecule has 0 aliphatic rings. The van der Waals surface area contributed by atoms with Crippen molar-refractivity contribution in [1.82, 2.24) is 10.2 Å². The summed E-state index contributed by atoms with van der Waals surface area (Å²) in [5.74, 6) is -0.225. The maximum Gasteiger partial charge on any atom is 0.331 e. The number of aryl methyl sites for hydroxylation is 1. The summed E-state index contributed by atoms with van der Waals surface area (Å²) in [6, 6.07) is 13.4. The molecule has 0 amide bonds. The smallest absolute Gasteiger partial charge is 0.331 e. The first kappa shape index (κ1) is 19.0. The molecule has 8 heteroatoms. The fourth-order valence-corrected chi connectivity index (χ4v) is 2.35. The normalized spacial score (nSPS) is 12.1. The summed E-state index contributed by atoms with van der Waals surface area (Å²) in [4.78, 5) is 22.2. The van der Waals surface area contributed by atoms with Crippen LogP contribution in [0, 0.1) is 17.0 Å². The lowest BCUT2D eigenvalue weighted by atomic mass is 10.1. The number of nitro benzene ring substituents is 1. The number of carbonyl (C=O) groups excluding carboxylic acids is 1. The Bertz CT molecular complexity index is 1010. The highest BCUT2D eigenvalue weighted by molar-refractivity contribution is 5.87. The van der Waals surface area contributed by atoms with Gasteiger partial charge >= 0.3 is 5.97 Å². The number of hydrogen-bond donors (Lipinski definition) is 0. The third kappa shape index (κ3) is 4.67. The van der Waals surface area contributed by atoms with Crippen LogP contribution in [0.5, 0.6) is 0 Å². The van der Waals surface area contributed by atoms with Crippen LogP contribution in [0.15, 0.2) is 59.0 Å². The Balaban J connectivity index is 1.63. The van der Waals surface area contributed by atoms with Crippen molar-refractivity contribution in [2.75, 3.05) is 0 Å². The average molecular weight is 379 g/mol. The van der Waals surface area contributed by atoms with Crippen LogP contribution in [-0.4, -0.2) is 21.1 Å². The summed E-state index contributed by atoms with van der Waals surface area (Å²) < 4.78 is 10.8. The van der Waals surface area contributed by atoms with E-state index < -0.39 is 17.0 Å². The van der Waals surface area contributed by atoms with E-state index in [1.165, 1.54) is 30.3 Å². The topological polar surface area (TPSA) is 108 Å². The predicted molar refractivity (Wildman–Crippen MR) is 101 cm³/mol. The zero-order valence-electron chi connectivity index (χ0n) is 15.2. The monoisotopic (exact) mass is 379 g/mol. The molecule has 0 bridgehead atoms. The maximum atomic E-state index is 12.0. The second-order valence-electron chi connectivity index (χ2n) is 6.07. The quantitative estimate of drug-likeness (QED) is 0.272. The van der Waals surface area contributed by atoms with E-state index in [1.54, 1.807) is 13.0 Å². The molecule has 1 aromatic heterocycles. The molecule has 142 valence electrons. The molecule has 2 aromatic carbocycles. The van der Waals surface area contributed by atoms with E-state index in [0.717, 1.165) is 11.1 Å². The number of ether oxygens (including phenoxy) is 1. The molecule has 0 fully saturated rings. The van der Waals surface area contributed by atoms with Gasteiger partial charge in [0, 0.05) is 23.8 Å². The van der Waals surface area contributed by atoms with Crippen molar-refractivity contribution in [3.05, 3.63) is 81.7 Å². The number of non-ortho nitro benzene ring substituents is 1. The number of nitrogens with zero attached hydrogens (tertiary/aromatic N) is 3.